The molecule has 0 aromatic heterocycles. The molecule has 2 aromatic carbocycles. The van der Waals surface area contributed by atoms with Crippen LogP contribution in [0, 0.1) is 5.82 Å². The van der Waals surface area contributed by atoms with Gasteiger partial charge < -0.3 is 10.2 Å². The molecule has 2 aromatic rings. The molecule has 2 N–H and O–H groups in total. The van der Waals surface area contributed by atoms with E-state index < -0.39 is 11.8 Å². The van der Waals surface area contributed by atoms with Gasteiger partial charge in [0.1, 0.15) is 11.6 Å². The Bertz CT molecular complexity index is 563. The van der Waals surface area contributed by atoms with Crippen LogP contribution in [0.25, 0.3) is 10.8 Å². The smallest absolute Gasteiger partial charge is 0.307 e. The number of hydrogen-bond acceptors (Lipinski definition) is 2. The van der Waals surface area contributed by atoms with Crippen LogP contribution in [-0.2, 0) is 11.2 Å². The van der Waals surface area contributed by atoms with E-state index in [1.165, 1.54) is 24.3 Å². The number of carbonyl (C=O) groups is 1. The normalized spacial score (nSPS) is 10.6. The third-order valence-corrected chi connectivity index (χ3v) is 2.31. The van der Waals surface area contributed by atoms with Gasteiger partial charge in [-0.1, -0.05) is 12.1 Å². The number of aliphatic carboxylic acids is 1. The van der Waals surface area contributed by atoms with Crippen molar-refractivity contribution in [2.45, 2.75) is 6.42 Å². The van der Waals surface area contributed by atoms with Gasteiger partial charge in [-0.3, -0.25) is 4.79 Å². The van der Waals surface area contributed by atoms with Crippen LogP contribution in [0.3, 0.4) is 0 Å². The molecule has 0 heterocycles. The Morgan fingerprint density at radius 3 is 2.69 bits per heavy atom. The lowest BCUT2D eigenvalue weighted by Gasteiger charge is -2.04. The standard InChI is InChI=1S/C12H9FO3/c13-9-2-1-8-3-7(5-12(15)16)4-11(14)10(8)6-9/h1-4,6,14H,5H2,(H,15,16). The number of halogens is 1. The van der Waals surface area contributed by atoms with Crippen molar-refractivity contribution in [2.75, 3.05) is 0 Å². The van der Waals surface area contributed by atoms with Gasteiger partial charge in [0.05, 0.1) is 6.42 Å². The molecule has 0 atom stereocenters. The van der Waals surface area contributed by atoms with Gasteiger partial charge in [0.15, 0.2) is 0 Å². The van der Waals surface area contributed by atoms with Crippen LogP contribution in [-0.4, -0.2) is 16.2 Å². The number of hydrogen-bond donors (Lipinski definition) is 2. The fourth-order valence-electron chi connectivity index (χ4n) is 1.65. The molecule has 0 amide bonds. The Balaban J connectivity index is 2.59. The van der Waals surface area contributed by atoms with Crippen molar-refractivity contribution in [1.29, 1.82) is 0 Å². The maximum Gasteiger partial charge on any atom is 0.307 e. The number of benzene rings is 2. The number of carboxylic acids is 1. The highest BCUT2D eigenvalue weighted by Crippen LogP contribution is 2.27. The van der Waals surface area contributed by atoms with Gasteiger partial charge >= 0.3 is 5.97 Å². The lowest BCUT2D eigenvalue weighted by molar-refractivity contribution is -0.136. The Kier molecular flexibility index (Phi) is 2.48. The van der Waals surface area contributed by atoms with Gasteiger partial charge in [0.2, 0.25) is 0 Å². The minimum Gasteiger partial charge on any atom is -0.507 e. The van der Waals surface area contributed by atoms with Gasteiger partial charge in [0, 0.05) is 5.39 Å². The molecule has 2 rings (SSSR count). The predicted molar refractivity (Wildman–Crippen MR) is 56.9 cm³/mol. The first-order valence-corrected chi connectivity index (χ1v) is 4.69. The van der Waals surface area contributed by atoms with Crippen LogP contribution < -0.4 is 0 Å². The van der Waals surface area contributed by atoms with Crippen molar-refractivity contribution in [3.8, 4) is 5.75 Å². The Labute approximate surface area is 90.8 Å². The number of fused-ring (bicyclic) bond motifs is 1. The summed E-state index contributed by atoms with van der Waals surface area (Å²) in [5, 5.41) is 19.3. The third-order valence-electron chi connectivity index (χ3n) is 2.31. The lowest BCUT2D eigenvalue weighted by Crippen LogP contribution is -1.99. The average Bonchev–Trinajstić information content (AvgIpc) is 2.18. The van der Waals surface area contributed by atoms with Crippen LogP contribution in [0.2, 0.25) is 0 Å². The summed E-state index contributed by atoms with van der Waals surface area (Å²) in [5.74, 6) is -1.51. The molecular formula is C12H9FO3. The maximum atomic E-state index is 12.9. The summed E-state index contributed by atoms with van der Waals surface area (Å²) in [4.78, 5) is 10.5. The molecule has 0 fully saturated rings. The zero-order valence-electron chi connectivity index (χ0n) is 8.27. The Morgan fingerprint density at radius 2 is 2.00 bits per heavy atom. The van der Waals surface area contributed by atoms with Gasteiger partial charge in [-0.25, -0.2) is 4.39 Å². The van der Waals surface area contributed by atoms with Crippen molar-refractivity contribution in [3.63, 3.8) is 0 Å². The molecular weight excluding hydrogens is 211 g/mol. The van der Waals surface area contributed by atoms with E-state index in [4.69, 9.17) is 5.11 Å². The number of aromatic hydroxyl groups is 1. The summed E-state index contributed by atoms with van der Waals surface area (Å²) in [6.45, 7) is 0. The first-order chi connectivity index (χ1) is 7.56. The first kappa shape index (κ1) is 10.4. The van der Waals surface area contributed by atoms with Gasteiger partial charge in [0.25, 0.3) is 0 Å². The molecule has 3 nitrogen and oxygen atoms in total. The van der Waals surface area contributed by atoms with E-state index in [-0.39, 0.29) is 12.2 Å². The largest absolute Gasteiger partial charge is 0.507 e. The molecule has 82 valence electrons. The average molecular weight is 220 g/mol. The summed E-state index contributed by atoms with van der Waals surface area (Å²) in [5.41, 5.74) is 0.490. The van der Waals surface area contributed by atoms with E-state index in [1.54, 1.807) is 6.07 Å². The summed E-state index contributed by atoms with van der Waals surface area (Å²) in [6.07, 6.45) is -0.166. The number of phenols is 1. The second-order valence-corrected chi connectivity index (χ2v) is 3.55. The molecule has 0 aliphatic rings. The molecule has 0 aliphatic carbocycles. The van der Waals surface area contributed by atoms with Crippen molar-refractivity contribution >= 4 is 16.7 Å². The zero-order chi connectivity index (χ0) is 11.7. The van der Waals surface area contributed by atoms with Gasteiger partial charge in [-0.05, 0) is 29.1 Å². The number of carboxylic acid groups (broad SMARTS) is 1. The highest BCUT2D eigenvalue weighted by Gasteiger charge is 2.07. The second kappa shape index (κ2) is 3.81. The molecule has 0 radical (unpaired) electrons. The fraction of sp³-hybridized carbons (Fsp3) is 0.0833. The Morgan fingerprint density at radius 1 is 1.25 bits per heavy atom. The van der Waals surface area contributed by atoms with Crippen LogP contribution in [0.1, 0.15) is 5.56 Å². The van der Waals surface area contributed by atoms with E-state index in [1.807, 2.05) is 0 Å². The molecule has 0 aliphatic heterocycles. The first-order valence-electron chi connectivity index (χ1n) is 4.69. The molecule has 16 heavy (non-hydrogen) atoms. The number of rotatable bonds is 2. The van der Waals surface area contributed by atoms with Crippen LogP contribution >= 0.6 is 0 Å². The quantitative estimate of drug-likeness (QED) is 0.816. The summed E-state index contributed by atoms with van der Waals surface area (Å²) >= 11 is 0. The van der Waals surface area contributed by atoms with E-state index in [0.717, 1.165) is 0 Å². The zero-order valence-corrected chi connectivity index (χ0v) is 8.27. The minimum absolute atomic E-state index is 0.103. The van der Waals surface area contributed by atoms with Crippen LogP contribution in [0.4, 0.5) is 4.39 Å². The lowest BCUT2D eigenvalue weighted by atomic mass is 10.0. The van der Waals surface area contributed by atoms with Crippen molar-refractivity contribution in [2.24, 2.45) is 0 Å². The fourth-order valence-corrected chi connectivity index (χ4v) is 1.65. The monoisotopic (exact) mass is 220 g/mol. The SMILES string of the molecule is O=C(O)Cc1cc(O)c2cc(F)ccc2c1. The van der Waals surface area contributed by atoms with Crippen molar-refractivity contribution < 1.29 is 19.4 Å². The summed E-state index contributed by atoms with van der Waals surface area (Å²) < 4.78 is 12.9. The molecule has 0 spiro atoms. The highest BCUT2D eigenvalue weighted by molar-refractivity contribution is 5.89. The van der Waals surface area contributed by atoms with Crippen LogP contribution in [0.5, 0.6) is 5.75 Å². The van der Waals surface area contributed by atoms with Crippen molar-refractivity contribution in [1.82, 2.24) is 0 Å². The van der Waals surface area contributed by atoms with E-state index in [0.29, 0.717) is 16.3 Å². The Hall–Kier alpha value is -2.10. The van der Waals surface area contributed by atoms with Gasteiger partial charge in [-0.15, -0.1) is 0 Å². The van der Waals surface area contributed by atoms with E-state index >= 15 is 0 Å². The maximum absolute atomic E-state index is 12.9. The highest BCUT2D eigenvalue weighted by atomic mass is 19.1. The van der Waals surface area contributed by atoms with Gasteiger partial charge in [-0.2, -0.15) is 0 Å². The van der Waals surface area contributed by atoms with E-state index in [2.05, 4.69) is 0 Å². The third kappa shape index (κ3) is 1.95. The predicted octanol–water partition coefficient (Wildman–Crippen LogP) is 2.31. The topological polar surface area (TPSA) is 57.5 Å². The van der Waals surface area contributed by atoms with Crippen molar-refractivity contribution in [3.05, 3.63) is 41.7 Å². The minimum atomic E-state index is -0.971. The molecule has 0 saturated heterocycles. The molecule has 0 bridgehead atoms. The van der Waals surface area contributed by atoms with Crippen LogP contribution in [0.15, 0.2) is 30.3 Å². The second-order valence-electron chi connectivity index (χ2n) is 3.55. The summed E-state index contributed by atoms with van der Waals surface area (Å²) in [6, 6.07) is 6.97. The molecule has 4 heteroatoms. The summed E-state index contributed by atoms with van der Waals surface area (Å²) in [7, 11) is 0. The molecule has 0 saturated carbocycles. The number of phenolic OH excluding ortho intramolecular Hbond substituents is 1. The molecule has 0 unspecified atom stereocenters. The van der Waals surface area contributed by atoms with E-state index in [9.17, 15) is 14.3 Å².